The predicted octanol–water partition coefficient (Wildman–Crippen LogP) is -1.80. The molecular weight excluding hydrogens is 345 g/mol. The average molecular weight is 361 g/mol. The Bertz CT molecular complexity index is 797. The summed E-state index contributed by atoms with van der Waals surface area (Å²) in [5.41, 5.74) is 4.89. The van der Waals surface area contributed by atoms with Crippen molar-refractivity contribution >= 4 is 25.0 Å². The first kappa shape index (κ1) is 15.8. The van der Waals surface area contributed by atoms with Gasteiger partial charge in [-0.25, -0.2) is 0 Å². The van der Waals surface area contributed by atoms with E-state index in [0.29, 0.717) is 0 Å². The number of H-pyrrole nitrogens is 1. The molecule has 0 radical (unpaired) electrons. The molecular formula is C11H16N5O7P. The van der Waals surface area contributed by atoms with E-state index < -0.39 is 43.4 Å². The Balaban J connectivity index is 1.73. The molecule has 24 heavy (non-hydrogen) atoms. The summed E-state index contributed by atoms with van der Waals surface area (Å²) in [7, 11) is -3.43. The summed E-state index contributed by atoms with van der Waals surface area (Å²) in [6, 6.07) is -1.18. The quantitative estimate of drug-likeness (QED) is 0.227. The fraction of sp³-hybridized carbons (Fsp3) is 0.636. The van der Waals surface area contributed by atoms with Crippen LogP contribution in [-0.4, -0.2) is 63.7 Å². The van der Waals surface area contributed by atoms with Crippen molar-refractivity contribution < 1.29 is 28.6 Å². The van der Waals surface area contributed by atoms with E-state index >= 15 is 0 Å². The lowest BCUT2D eigenvalue weighted by Gasteiger charge is -2.52. The largest absolute Gasteiger partial charge is 0.369 e. The molecule has 0 aliphatic carbocycles. The van der Waals surface area contributed by atoms with Crippen LogP contribution in [0.1, 0.15) is 0 Å². The third-order valence-corrected chi connectivity index (χ3v) is 5.36. The van der Waals surface area contributed by atoms with Crippen LogP contribution in [0.3, 0.4) is 0 Å². The Morgan fingerprint density at radius 2 is 2.17 bits per heavy atom. The maximum absolute atomic E-state index is 12.0. The molecule has 12 nitrogen and oxygen atoms in total. The van der Waals surface area contributed by atoms with Crippen molar-refractivity contribution in [2.45, 2.75) is 30.3 Å². The highest BCUT2D eigenvalue weighted by molar-refractivity contribution is 7.53. The van der Waals surface area contributed by atoms with Crippen LogP contribution in [0.15, 0.2) is 4.79 Å². The number of hydrogen-bond acceptors (Lipinski definition) is 11. The standard InChI is InChI=1S/C11H16N5O7P/c1-24(20)21-2-3-6(23-24)11(18,19)5-9(22-3)14-7-4(13-5)8(17)16-10(12)15-7/h3,5-6,9,13,18-19H,2H2,1H3,(H4,12,14,15,16,17)/t3-,5-,6+,9-,24?/m1/s1. The van der Waals surface area contributed by atoms with Crippen LogP contribution in [0.2, 0.25) is 0 Å². The van der Waals surface area contributed by atoms with Gasteiger partial charge in [-0.05, 0) is 0 Å². The molecule has 132 valence electrons. The van der Waals surface area contributed by atoms with Crippen molar-refractivity contribution in [3.05, 3.63) is 10.4 Å². The van der Waals surface area contributed by atoms with Crippen LogP contribution in [0.5, 0.6) is 0 Å². The van der Waals surface area contributed by atoms with Gasteiger partial charge in [0, 0.05) is 6.66 Å². The van der Waals surface area contributed by atoms with Crippen LogP contribution in [-0.2, 0) is 18.3 Å². The summed E-state index contributed by atoms with van der Waals surface area (Å²) < 4.78 is 28.0. The maximum atomic E-state index is 12.0. The zero-order chi connectivity index (χ0) is 17.3. The van der Waals surface area contributed by atoms with Gasteiger partial charge in [0.05, 0.1) is 6.61 Å². The number of aromatic amines is 1. The molecule has 4 rings (SSSR count). The zero-order valence-electron chi connectivity index (χ0n) is 12.4. The fourth-order valence-electron chi connectivity index (χ4n) is 3.05. The van der Waals surface area contributed by atoms with Gasteiger partial charge in [0.15, 0.2) is 18.1 Å². The van der Waals surface area contributed by atoms with Crippen LogP contribution in [0, 0.1) is 0 Å². The van der Waals surface area contributed by atoms with Crippen molar-refractivity contribution in [1.82, 2.24) is 9.97 Å². The van der Waals surface area contributed by atoms with E-state index in [0.717, 1.165) is 0 Å². The van der Waals surface area contributed by atoms with Gasteiger partial charge in [0.2, 0.25) is 11.7 Å². The van der Waals surface area contributed by atoms with Gasteiger partial charge in [-0.1, -0.05) is 0 Å². The molecule has 0 spiro atoms. The molecule has 4 heterocycles. The maximum Gasteiger partial charge on any atom is 0.328 e. The van der Waals surface area contributed by atoms with Crippen molar-refractivity contribution in [2.24, 2.45) is 0 Å². The molecule has 0 amide bonds. The van der Waals surface area contributed by atoms with E-state index in [2.05, 4.69) is 20.6 Å². The highest BCUT2D eigenvalue weighted by Crippen LogP contribution is 2.53. The van der Waals surface area contributed by atoms with E-state index in [4.69, 9.17) is 19.5 Å². The van der Waals surface area contributed by atoms with Crippen LogP contribution >= 0.6 is 7.60 Å². The van der Waals surface area contributed by atoms with Gasteiger partial charge < -0.3 is 35.8 Å². The second-order valence-electron chi connectivity index (χ2n) is 5.91. The first-order valence-corrected chi connectivity index (χ1v) is 9.10. The lowest BCUT2D eigenvalue weighted by atomic mass is 9.91. The lowest BCUT2D eigenvalue weighted by molar-refractivity contribution is -0.310. The summed E-state index contributed by atoms with van der Waals surface area (Å²) in [4.78, 5) is 18.2. The lowest BCUT2D eigenvalue weighted by Crippen LogP contribution is -2.73. The van der Waals surface area contributed by atoms with Gasteiger partial charge in [-0.3, -0.25) is 18.9 Å². The van der Waals surface area contributed by atoms with Crippen molar-refractivity contribution in [3.8, 4) is 0 Å². The molecule has 0 saturated carbocycles. The van der Waals surface area contributed by atoms with Gasteiger partial charge in [-0.2, -0.15) is 4.98 Å². The monoisotopic (exact) mass is 361 g/mol. The highest BCUT2D eigenvalue weighted by atomic mass is 31.2. The minimum Gasteiger partial charge on any atom is -0.369 e. The van der Waals surface area contributed by atoms with E-state index in [9.17, 15) is 19.6 Å². The summed E-state index contributed by atoms with van der Waals surface area (Å²) in [6.07, 6.45) is -3.15. The Morgan fingerprint density at radius 3 is 2.92 bits per heavy atom. The third-order valence-electron chi connectivity index (χ3n) is 4.13. The van der Waals surface area contributed by atoms with Crippen LogP contribution in [0.4, 0.5) is 17.5 Å². The number of hydrogen-bond donors (Lipinski definition) is 6. The first-order valence-electron chi connectivity index (χ1n) is 7.11. The van der Waals surface area contributed by atoms with Crippen molar-refractivity contribution in [2.75, 3.05) is 29.6 Å². The number of aliphatic hydroxyl groups is 2. The molecule has 5 atom stereocenters. The molecule has 0 bridgehead atoms. The number of fused-ring (bicyclic) bond motifs is 3. The average Bonchev–Trinajstić information content (AvgIpc) is 2.47. The number of rotatable bonds is 0. The molecule has 1 unspecified atom stereocenters. The minimum absolute atomic E-state index is 0.0216. The Hall–Kier alpha value is -1.69. The van der Waals surface area contributed by atoms with Crippen molar-refractivity contribution in [3.63, 3.8) is 0 Å². The second kappa shape index (κ2) is 4.91. The molecule has 1 aromatic heterocycles. The van der Waals surface area contributed by atoms with Crippen LogP contribution in [0.25, 0.3) is 0 Å². The summed E-state index contributed by atoms with van der Waals surface area (Å²) in [6.45, 7) is 1.09. The second-order valence-corrected chi connectivity index (χ2v) is 7.92. The zero-order valence-corrected chi connectivity index (χ0v) is 13.3. The SMILES string of the molecule is CP1(=O)OC[C@H]2O[C@H]3Nc4nc(N)[nH]c(=O)c4N[C@H]3C(O)(O)[C@H]2O1. The number of nitrogens with one attached hydrogen (secondary N) is 3. The smallest absolute Gasteiger partial charge is 0.328 e. The van der Waals surface area contributed by atoms with E-state index in [1.165, 1.54) is 6.66 Å². The number of aromatic nitrogens is 2. The molecule has 3 aliphatic heterocycles. The molecule has 0 aromatic carbocycles. The molecule has 7 N–H and O–H groups in total. The summed E-state index contributed by atoms with van der Waals surface area (Å²) in [5.74, 6) is -2.47. The Kier molecular flexibility index (Phi) is 3.24. The number of ether oxygens (including phenoxy) is 1. The van der Waals surface area contributed by atoms with Gasteiger partial charge >= 0.3 is 7.60 Å². The fourth-order valence-corrected chi connectivity index (χ4v) is 4.23. The Labute approximate surface area is 134 Å². The van der Waals surface area contributed by atoms with E-state index in [1.807, 2.05) is 0 Å². The summed E-state index contributed by atoms with van der Waals surface area (Å²) >= 11 is 0. The van der Waals surface area contributed by atoms with Gasteiger partial charge in [-0.15, -0.1) is 0 Å². The van der Waals surface area contributed by atoms with Gasteiger partial charge in [0.1, 0.15) is 17.8 Å². The number of nitrogens with two attached hydrogens (primary N) is 1. The molecule has 3 aliphatic rings. The normalized spacial score (nSPS) is 39.6. The van der Waals surface area contributed by atoms with Crippen molar-refractivity contribution in [1.29, 1.82) is 0 Å². The Morgan fingerprint density at radius 1 is 1.42 bits per heavy atom. The molecule has 1 aromatic rings. The number of nitrogen functional groups attached to an aromatic ring is 1. The van der Waals surface area contributed by atoms with Gasteiger partial charge in [0.25, 0.3) is 5.56 Å². The van der Waals surface area contributed by atoms with E-state index in [-0.39, 0.29) is 24.1 Å². The minimum atomic E-state index is -3.43. The molecule has 13 heteroatoms. The number of nitrogens with zero attached hydrogens (tertiary/aromatic N) is 1. The topological polar surface area (TPSA) is 181 Å². The summed E-state index contributed by atoms with van der Waals surface area (Å²) in [5, 5.41) is 26.6. The molecule has 2 saturated heterocycles. The van der Waals surface area contributed by atoms with Crippen LogP contribution < -0.4 is 21.9 Å². The van der Waals surface area contributed by atoms with E-state index in [1.54, 1.807) is 0 Å². The number of anilines is 3. The highest BCUT2D eigenvalue weighted by Gasteiger charge is 2.61. The molecule has 2 fully saturated rings. The first-order chi connectivity index (χ1) is 11.2. The third kappa shape index (κ3) is 2.31. The predicted molar refractivity (Wildman–Crippen MR) is 80.5 cm³/mol.